The number of anilines is 1. The Kier molecular flexibility index (Phi) is 9.89. The van der Waals surface area contributed by atoms with Crippen LogP contribution in [0.2, 0.25) is 0 Å². The number of rotatable bonds is 11. The highest BCUT2D eigenvalue weighted by molar-refractivity contribution is 7.92. The first-order chi connectivity index (χ1) is 16.3. The number of carbonyl (C=O) groups is 2. The largest absolute Gasteiger partial charge is 0.352 e. The van der Waals surface area contributed by atoms with Crippen LogP contribution in [0.25, 0.3) is 0 Å². The Morgan fingerprint density at radius 3 is 2.09 bits per heavy atom. The van der Waals surface area contributed by atoms with Crippen LogP contribution < -0.4 is 9.62 Å². The average molecular weight is 502 g/mol. The summed E-state index contributed by atoms with van der Waals surface area (Å²) >= 11 is 0. The van der Waals surface area contributed by atoms with Crippen LogP contribution in [0.4, 0.5) is 5.69 Å². The van der Waals surface area contributed by atoms with Crippen molar-refractivity contribution in [2.75, 3.05) is 17.1 Å². The van der Waals surface area contributed by atoms with E-state index in [1.54, 1.807) is 19.1 Å². The van der Waals surface area contributed by atoms with Gasteiger partial charge in [-0.1, -0.05) is 57.2 Å². The second-order valence-corrected chi connectivity index (χ2v) is 11.4. The number of nitrogens with zero attached hydrogens (tertiary/aromatic N) is 2. The molecule has 2 aromatic rings. The van der Waals surface area contributed by atoms with E-state index in [1.165, 1.54) is 4.90 Å². The molecule has 0 fully saturated rings. The zero-order valence-corrected chi connectivity index (χ0v) is 22.7. The van der Waals surface area contributed by atoms with Gasteiger partial charge in [0.05, 0.1) is 11.9 Å². The maximum absolute atomic E-state index is 13.6. The molecule has 192 valence electrons. The van der Waals surface area contributed by atoms with E-state index in [-0.39, 0.29) is 18.5 Å². The Bertz CT molecular complexity index is 1110. The zero-order chi connectivity index (χ0) is 26.3. The van der Waals surface area contributed by atoms with E-state index >= 15 is 0 Å². The molecule has 0 aliphatic rings. The molecular formula is C27H39N3O4S. The van der Waals surface area contributed by atoms with Gasteiger partial charge in [-0.2, -0.15) is 0 Å². The van der Waals surface area contributed by atoms with Gasteiger partial charge in [-0.15, -0.1) is 0 Å². The Morgan fingerprint density at radius 2 is 1.57 bits per heavy atom. The number of sulfonamides is 1. The van der Waals surface area contributed by atoms with Gasteiger partial charge in [0.2, 0.25) is 21.8 Å². The van der Waals surface area contributed by atoms with Crippen molar-refractivity contribution < 1.29 is 18.0 Å². The predicted octanol–water partition coefficient (Wildman–Crippen LogP) is 4.22. The number of aryl methyl sites for hydroxylation is 1. The molecule has 0 radical (unpaired) electrons. The first kappa shape index (κ1) is 28.4. The lowest BCUT2D eigenvalue weighted by Crippen LogP contribution is -2.52. The molecule has 0 aliphatic carbocycles. The zero-order valence-electron chi connectivity index (χ0n) is 21.9. The molecule has 7 nitrogen and oxygen atoms in total. The molecule has 2 amide bonds. The summed E-state index contributed by atoms with van der Waals surface area (Å²) in [5.41, 5.74) is 3.38. The van der Waals surface area contributed by atoms with Gasteiger partial charge in [0.15, 0.2) is 0 Å². The third kappa shape index (κ3) is 7.82. The highest BCUT2D eigenvalue weighted by atomic mass is 32.2. The van der Waals surface area contributed by atoms with Crippen molar-refractivity contribution in [3.8, 4) is 0 Å². The minimum absolute atomic E-state index is 0.0349. The Morgan fingerprint density at radius 1 is 0.971 bits per heavy atom. The van der Waals surface area contributed by atoms with E-state index < -0.39 is 28.5 Å². The molecule has 2 aromatic carbocycles. The molecule has 0 aromatic heterocycles. The van der Waals surface area contributed by atoms with Crippen LogP contribution in [0.15, 0.2) is 48.5 Å². The van der Waals surface area contributed by atoms with Gasteiger partial charge in [0, 0.05) is 12.6 Å². The van der Waals surface area contributed by atoms with Gasteiger partial charge in [-0.25, -0.2) is 8.42 Å². The normalized spacial score (nSPS) is 13.3. The molecule has 2 atom stereocenters. The lowest BCUT2D eigenvalue weighted by Gasteiger charge is -2.32. The Labute approximate surface area is 210 Å². The topological polar surface area (TPSA) is 86.8 Å². The number of hydrogen-bond acceptors (Lipinski definition) is 4. The molecule has 8 heteroatoms. The smallest absolute Gasteiger partial charge is 0.244 e. The van der Waals surface area contributed by atoms with Crippen molar-refractivity contribution in [3.63, 3.8) is 0 Å². The molecule has 0 unspecified atom stereocenters. The van der Waals surface area contributed by atoms with E-state index in [4.69, 9.17) is 0 Å². The quantitative estimate of drug-likeness (QED) is 0.500. The van der Waals surface area contributed by atoms with E-state index in [9.17, 15) is 18.0 Å². The molecular weight excluding hydrogens is 462 g/mol. The van der Waals surface area contributed by atoms with Crippen molar-refractivity contribution in [2.45, 2.75) is 72.5 Å². The second-order valence-electron chi connectivity index (χ2n) is 9.46. The summed E-state index contributed by atoms with van der Waals surface area (Å²) in [6.07, 6.45) is 1.85. The van der Waals surface area contributed by atoms with Crippen LogP contribution >= 0.6 is 0 Å². The summed E-state index contributed by atoms with van der Waals surface area (Å²) in [4.78, 5) is 28.0. The van der Waals surface area contributed by atoms with E-state index in [0.29, 0.717) is 11.6 Å². The molecule has 0 saturated heterocycles. The van der Waals surface area contributed by atoms with Gasteiger partial charge in [0.1, 0.15) is 12.6 Å². The number of benzene rings is 2. The third-order valence-corrected chi connectivity index (χ3v) is 7.44. The molecule has 35 heavy (non-hydrogen) atoms. The lowest BCUT2D eigenvalue weighted by molar-refractivity contribution is -0.139. The summed E-state index contributed by atoms with van der Waals surface area (Å²) in [5.74, 6) is -0.418. The van der Waals surface area contributed by atoms with E-state index in [0.717, 1.165) is 33.7 Å². The number of amides is 2. The van der Waals surface area contributed by atoms with Crippen LogP contribution in [-0.4, -0.2) is 50.0 Å². The maximum Gasteiger partial charge on any atom is 0.244 e. The Hall–Kier alpha value is -2.87. The summed E-state index contributed by atoms with van der Waals surface area (Å²) in [7, 11) is -3.74. The predicted molar refractivity (Wildman–Crippen MR) is 142 cm³/mol. The van der Waals surface area contributed by atoms with Gasteiger partial charge in [-0.3, -0.25) is 13.9 Å². The van der Waals surface area contributed by atoms with E-state index in [1.807, 2.05) is 57.2 Å². The molecule has 2 rings (SSSR count). The van der Waals surface area contributed by atoms with Crippen LogP contribution in [0.3, 0.4) is 0 Å². The van der Waals surface area contributed by atoms with E-state index in [2.05, 4.69) is 19.2 Å². The van der Waals surface area contributed by atoms with Crippen molar-refractivity contribution in [1.82, 2.24) is 10.2 Å². The van der Waals surface area contributed by atoms with Crippen molar-refractivity contribution >= 4 is 27.5 Å². The molecule has 0 heterocycles. The van der Waals surface area contributed by atoms with Crippen molar-refractivity contribution in [3.05, 3.63) is 65.2 Å². The van der Waals surface area contributed by atoms with Gasteiger partial charge < -0.3 is 10.2 Å². The van der Waals surface area contributed by atoms with Crippen LogP contribution in [0, 0.1) is 6.92 Å². The number of hydrogen-bond donors (Lipinski definition) is 1. The van der Waals surface area contributed by atoms with Crippen molar-refractivity contribution in [1.29, 1.82) is 0 Å². The molecule has 0 spiro atoms. The van der Waals surface area contributed by atoms with Gasteiger partial charge >= 0.3 is 0 Å². The summed E-state index contributed by atoms with van der Waals surface area (Å²) < 4.78 is 26.5. The molecule has 0 saturated carbocycles. The molecule has 1 N–H and O–H groups in total. The molecule has 0 bridgehead atoms. The fourth-order valence-electron chi connectivity index (χ4n) is 3.66. The first-order valence-corrected chi connectivity index (χ1v) is 13.9. The minimum Gasteiger partial charge on any atom is -0.352 e. The minimum atomic E-state index is -3.74. The summed E-state index contributed by atoms with van der Waals surface area (Å²) in [6.45, 7) is 11.4. The number of carbonyl (C=O) groups excluding carboxylic acids is 2. The highest BCUT2D eigenvalue weighted by Gasteiger charge is 2.30. The fourth-order valence-corrected chi connectivity index (χ4v) is 4.51. The second kappa shape index (κ2) is 12.2. The highest BCUT2D eigenvalue weighted by Crippen LogP contribution is 2.23. The SMILES string of the molecule is CC[C@H](C)NC(=O)[C@@H](C)N(Cc1ccccc1C)C(=O)CN(c1ccc(C(C)C)cc1)S(C)(=O)=O. The summed E-state index contributed by atoms with van der Waals surface area (Å²) in [6, 6.07) is 14.0. The summed E-state index contributed by atoms with van der Waals surface area (Å²) in [5, 5.41) is 2.93. The Balaban J connectivity index is 2.40. The van der Waals surface area contributed by atoms with Crippen molar-refractivity contribution in [2.24, 2.45) is 0 Å². The molecule has 0 aliphatic heterocycles. The standard InChI is InChI=1S/C27H39N3O4S/c1-8-21(5)28-27(32)22(6)29(17-24-12-10-9-11-20(24)4)26(31)18-30(35(7,33)34)25-15-13-23(14-16-25)19(2)3/h9-16,19,21-22H,8,17-18H2,1-7H3,(H,28,32)/t21-,22+/m0/s1. The van der Waals surface area contributed by atoms with Gasteiger partial charge in [-0.05, 0) is 61.9 Å². The van der Waals surface area contributed by atoms with Crippen LogP contribution in [-0.2, 0) is 26.2 Å². The monoisotopic (exact) mass is 501 g/mol. The number of nitrogens with one attached hydrogen (secondary N) is 1. The first-order valence-electron chi connectivity index (χ1n) is 12.1. The van der Waals surface area contributed by atoms with Crippen LogP contribution in [0.5, 0.6) is 0 Å². The fraction of sp³-hybridized carbons (Fsp3) is 0.481. The van der Waals surface area contributed by atoms with Gasteiger partial charge in [0.25, 0.3) is 0 Å². The maximum atomic E-state index is 13.6. The lowest BCUT2D eigenvalue weighted by atomic mass is 10.0. The third-order valence-electron chi connectivity index (χ3n) is 6.30. The average Bonchev–Trinajstić information content (AvgIpc) is 2.80. The van der Waals surface area contributed by atoms with Crippen LogP contribution in [0.1, 0.15) is 63.6 Å².